The number of rotatable bonds is 8. The van der Waals surface area contributed by atoms with Crippen molar-refractivity contribution in [3.05, 3.63) is 76.4 Å². The van der Waals surface area contributed by atoms with Crippen LogP contribution in [0.1, 0.15) is 33.8 Å². The van der Waals surface area contributed by atoms with Crippen molar-refractivity contribution in [2.45, 2.75) is 36.4 Å². The summed E-state index contributed by atoms with van der Waals surface area (Å²) in [7, 11) is 0. The van der Waals surface area contributed by atoms with Gasteiger partial charge in [0, 0.05) is 47.1 Å². The number of hydrogen-bond donors (Lipinski definition) is 0. The Morgan fingerprint density at radius 2 is 2.03 bits per heavy atom. The van der Waals surface area contributed by atoms with E-state index < -0.39 is 0 Å². The van der Waals surface area contributed by atoms with Crippen molar-refractivity contribution in [1.82, 2.24) is 14.9 Å². The van der Waals surface area contributed by atoms with E-state index in [1.807, 2.05) is 40.6 Å². The van der Waals surface area contributed by atoms with Crippen molar-refractivity contribution in [2.24, 2.45) is 0 Å². The summed E-state index contributed by atoms with van der Waals surface area (Å²) in [5, 5.41) is 3.66. The Balaban J connectivity index is 1.46. The Hall–Kier alpha value is -2.68. The van der Waals surface area contributed by atoms with E-state index in [1.165, 1.54) is 11.8 Å². The van der Waals surface area contributed by atoms with Gasteiger partial charge in [0.2, 0.25) is 0 Å². The van der Waals surface area contributed by atoms with Crippen molar-refractivity contribution in [1.29, 1.82) is 0 Å². The van der Waals surface area contributed by atoms with Gasteiger partial charge in [0.05, 0.1) is 12.6 Å². The van der Waals surface area contributed by atoms with Gasteiger partial charge in [-0.1, -0.05) is 36.0 Å². The fraction of sp³-hybridized carbons (Fsp3) is 0.292. The molecule has 4 heterocycles. The number of benzene rings is 1. The molecule has 0 spiro atoms. The number of aromatic nitrogens is 2. The van der Waals surface area contributed by atoms with Crippen molar-refractivity contribution in [3.63, 3.8) is 0 Å². The minimum atomic E-state index is -0.102. The predicted molar refractivity (Wildman–Crippen MR) is 126 cm³/mol. The highest BCUT2D eigenvalue weighted by molar-refractivity contribution is 7.98. The molecule has 1 fully saturated rings. The molecule has 1 aliphatic heterocycles. The number of fused-ring (bicyclic) bond motifs is 1. The molecule has 5 rings (SSSR count). The quantitative estimate of drug-likeness (QED) is 0.256. The highest BCUT2D eigenvalue weighted by Gasteiger charge is 2.29. The molecular weight excluding hydrogens is 442 g/mol. The first-order valence-corrected chi connectivity index (χ1v) is 12.5. The third-order valence-corrected chi connectivity index (χ3v) is 7.21. The number of furan rings is 1. The molecule has 1 saturated heterocycles. The van der Waals surface area contributed by atoms with Gasteiger partial charge >= 0.3 is 0 Å². The molecular formula is C24H23N3O3S2. The van der Waals surface area contributed by atoms with Crippen LogP contribution in [0.5, 0.6) is 0 Å². The number of carbonyl (C=O) groups excluding carboxylic acids is 1. The van der Waals surface area contributed by atoms with Gasteiger partial charge in [-0.3, -0.25) is 4.79 Å². The number of ether oxygens (including phenoxy) is 1. The molecule has 1 amide bonds. The van der Waals surface area contributed by atoms with Crippen LogP contribution in [-0.4, -0.2) is 40.0 Å². The first-order chi connectivity index (χ1) is 15.8. The minimum Gasteiger partial charge on any atom is -0.451 e. The summed E-state index contributed by atoms with van der Waals surface area (Å²) >= 11 is 3.15. The lowest BCUT2D eigenvalue weighted by atomic mass is 10.1. The predicted octanol–water partition coefficient (Wildman–Crippen LogP) is 5.40. The minimum absolute atomic E-state index is 0.0684. The molecule has 8 heteroatoms. The third kappa shape index (κ3) is 4.72. The summed E-state index contributed by atoms with van der Waals surface area (Å²) in [6.07, 6.45) is 5.52. The number of carbonyl (C=O) groups is 1. The molecule has 1 unspecified atom stereocenters. The lowest BCUT2D eigenvalue weighted by Gasteiger charge is -2.24. The highest BCUT2D eigenvalue weighted by atomic mass is 32.2. The van der Waals surface area contributed by atoms with E-state index in [-0.39, 0.29) is 12.0 Å². The average Bonchev–Trinajstić information content (AvgIpc) is 3.59. The van der Waals surface area contributed by atoms with Crippen LogP contribution in [0, 0.1) is 0 Å². The van der Waals surface area contributed by atoms with Crippen molar-refractivity contribution >= 4 is 40.0 Å². The molecule has 6 nitrogen and oxygen atoms in total. The Kier molecular flexibility index (Phi) is 6.52. The van der Waals surface area contributed by atoms with E-state index in [0.29, 0.717) is 35.3 Å². The Labute approximate surface area is 194 Å². The smallest absolute Gasteiger partial charge is 0.290 e. The first kappa shape index (κ1) is 21.2. The zero-order valence-electron chi connectivity index (χ0n) is 17.5. The molecule has 4 aromatic rings. The molecule has 0 aliphatic carbocycles. The molecule has 164 valence electrons. The summed E-state index contributed by atoms with van der Waals surface area (Å²) in [5.74, 6) is 0.841. The first-order valence-electron chi connectivity index (χ1n) is 10.6. The normalized spacial score (nSPS) is 15.9. The maximum Gasteiger partial charge on any atom is 0.290 e. The molecule has 0 N–H and O–H groups in total. The maximum absolute atomic E-state index is 13.8. The van der Waals surface area contributed by atoms with Gasteiger partial charge in [-0.2, -0.15) is 0 Å². The van der Waals surface area contributed by atoms with E-state index in [0.717, 1.165) is 35.3 Å². The second kappa shape index (κ2) is 9.85. The van der Waals surface area contributed by atoms with Gasteiger partial charge in [-0.05, 0) is 36.4 Å². The van der Waals surface area contributed by atoms with Crippen LogP contribution in [0.15, 0.2) is 69.8 Å². The Bertz CT molecular complexity index is 1170. The van der Waals surface area contributed by atoms with Gasteiger partial charge in [0.1, 0.15) is 5.58 Å². The zero-order chi connectivity index (χ0) is 21.8. The lowest BCUT2D eigenvalue weighted by molar-refractivity contribution is 0.0487. The monoisotopic (exact) mass is 465 g/mol. The number of amides is 1. The van der Waals surface area contributed by atoms with Gasteiger partial charge in [0.25, 0.3) is 5.91 Å². The summed E-state index contributed by atoms with van der Waals surface area (Å²) in [6.45, 7) is 1.86. The molecule has 0 radical (unpaired) electrons. The van der Waals surface area contributed by atoms with Crippen LogP contribution in [0.2, 0.25) is 0 Å². The SMILES string of the molecule is O=C(c1oc2ccccc2c1CSc1ncccn1)N(Cc1cccs1)CC1CCCO1. The van der Waals surface area contributed by atoms with Crippen molar-refractivity contribution < 1.29 is 13.9 Å². The summed E-state index contributed by atoms with van der Waals surface area (Å²) in [4.78, 5) is 25.4. The fourth-order valence-corrected chi connectivity index (χ4v) is 5.45. The van der Waals surface area contributed by atoms with Gasteiger partial charge in [-0.25, -0.2) is 9.97 Å². The number of thioether (sulfide) groups is 1. The fourth-order valence-electron chi connectivity index (χ4n) is 3.90. The molecule has 1 atom stereocenters. The van der Waals surface area contributed by atoms with E-state index in [9.17, 15) is 4.79 Å². The highest BCUT2D eigenvalue weighted by Crippen LogP contribution is 2.32. The van der Waals surface area contributed by atoms with Gasteiger partial charge in [-0.15, -0.1) is 11.3 Å². The second-order valence-corrected chi connectivity index (χ2v) is 9.60. The number of para-hydroxylation sites is 1. The van der Waals surface area contributed by atoms with E-state index >= 15 is 0 Å². The summed E-state index contributed by atoms with van der Waals surface area (Å²) < 4.78 is 12.0. The van der Waals surface area contributed by atoms with Crippen LogP contribution in [-0.2, 0) is 17.0 Å². The largest absolute Gasteiger partial charge is 0.451 e. The molecule has 1 aromatic carbocycles. The summed E-state index contributed by atoms with van der Waals surface area (Å²) in [6, 6.07) is 13.7. The molecule has 3 aromatic heterocycles. The van der Waals surface area contributed by atoms with Crippen LogP contribution < -0.4 is 0 Å². The van der Waals surface area contributed by atoms with E-state index in [2.05, 4.69) is 16.0 Å². The number of nitrogens with zero attached hydrogens (tertiary/aromatic N) is 3. The average molecular weight is 466 g/mol. The molecule has 32 heavy (non-hydrogen) atoms. The van der Waals surface area contributed by atoms with E-state index in [4.69, 9.17) is 9.15 Å². The molecule has 0 saturated carbocycles. The van der Waals surface area contributed by atoms with E-state index in [1.54, 1.807) is 29.8 Å². The molecule has 0 bridgehead atoms. The van der Waals surface area contributed by atoms with Crippen LogP contribution in [0.4, 0.5) is 0 Å². The number of thiophene rings is 1. The zero-order valence-corrected chi connectivity index (χ0v) is 19.1. The van der Waals surface area contributed by atoms with Crippen molar-refractivity contribution in [3.8, 4) is 0 Å². The Morgan fingerprint density at radius 3 is 2.81 bits per heavy atom. The standard InChI is InChI=1S/C24H23N3O3S2/c28-23(27(14-17-6-3-12-29-17)15-18-7-4-13-31-18)22-20(16-32-24-25-10-5-11-26-24)19-8-1-2-9-21(19)30-22/h1-2,4-5,7-11,13,17H,3,6,12,14-16H2. The topological polar surface area (TPSA) is 68.5 Å². The third-order valence-electron chi connectivity index (χ3n) is 5.44. The van der Waals surface area contributed by atoms with Crippen molar-refractivity contribution in [2.75, 3.05) is 13.2 Å². The van der Waals surface area contributed by atoms with Crippen LogP contribution >= 0.6 is 23.1 Å². The van der Waals surface area contributed by atoms with Crippen LogP contribution in [0.3, 0.4) is 0 Å². The lowest BCUT2D eigenvalue weighted by Crippen LogP contribution is -2.37. The van der Waals surface area contributed by atoms with Gasteiger partial charge < -0.3 is 14.1 Å². The Morgan fingerprint density at radius 1 is 1.16 bits per heavy atom. The van der Waals surface area contributed by atoms with Crippen LogP contribution in [0.25, 0.3) is 11.0 Å². The number of hydrogen-bond acceptors (Lipinski definition) is 7. The summed E-state index contributed by atoms with van der Waals surface area (Å²) in [5.41, 5.74) is 1.60. The second-order valence-electron chi connectivity index (χ2n) is 7.63. The molecule has 1 aliphatic rings. The maximum atomic E-state index is 13.8. The van der Waals surface area contributed by atoms with Gasteiger partial charge in [0.15, 0.2) is 10.9 Å².